The fourth-order valence-electron chi connectivity index (χ4n) is 2.93. The Hall–Kier alpha value is -2.07. The fourth-order valence-corrected chi connectivity index (χ4v) is 6.03. The van der Waals surface area contributed by atoms with Gasteiger partial charge >= 0.3 is 20.7 Å². The van der Waals surface area contributed by atoms with Gasteiger partial charge in [-0.15, -0.1) is 0 Å². The molecule has 2 heterocycles. The number of carbonyl (C=O) groups is 2. The Bertz CT molecular complexity index is 690. The van der Waals surface area contributed by atoms with E-state index in [-0.39, 0.29) is 11.5 Å². The van der Waals surface area contributed by atoms with E-state index in [1.54, 1.807) is 0 Å². The zero-order valence-corrected chi connectivity index (χ0v) is 17.0. The number of carbonyl (C=O) groups excluding carboxylic acids is 2. The number of hydrogen-bond acceptors (Lipinski definition) is 8. The lowest BCUT2D eigenvalue weighted by Gasteiger charge is -2.35. The van der Waals surface area contributed by atoms with Crippen molar-refractivity contribution in [3.05, 3.63) is 30.1 Å². The molecule has 8 nitrogen and oxygen atoms in total. The van der Waals surface area contributed by atoms with Gasteiger partial charge < -0.3 is 22.8 Å². The van der Waals surface area contributed by atoms with Gasteiger partial charge in [-0.25, -0.2) is 9.59 Å². The van der Waals surface area contributed by atoms with E-state index in [0.29, 0.717) is 31.9 Å². The number of hydrogen-bond donors (Lipinski definition) is 0. The summed E-state index contributed by atoms with van der Waals surface area (Å²) < 4.78 is 28.7. The molecule has 27 heavy (non-hydrogen) atoms. The largest absolute Gasteiger partial charge is 0.510 e. The molecule has 0 saturated heterocycles. The summed E-state index contributed by atoms with van der Waals surface area (Å²) in [4.78, 5) is 28.2. The molecule has 1 aromatic heterocycles. The van der Waals surface area contributed by atoms with E-state index in [4.69, 9.17) is 22.8 Å². The summed E-state index contributed by atoms with van der Waals surface area (Å²) in [6.45, 7) is 8.73. The van der Waals surface area contributed by atoms with Crippen molar-refractivity contribution in [2.45, 2.75) is 39.7 Å². The first kappa shape index (κ1) is 21.2. The molecule has 2 rings (SSSR count). The molecular formula is C18H25NO7Si. The first-order chi connectivity index (χ1) is 13.0. The summed E-state index contributed by atoms with van der Waals surface area (Å²) in [6.07, 6.45) is 4.09. The van der Waals surface area contributed by atoms with Crippen LogP contribution in [0.4, 0.5) is 0 Å². The summed E-state index contributed by atoms with van der Waals surface area (Å²) in [5, 5.41) is 0. The Kier molecular flexibility index (Phi) is 7.66. The van der Waals surface area contributed by atoms with Crippen LogP contribution in [0.5, 0.6) is 11.5 Å². The number of nitrogens with zero attached hydrogens (tertiary/aromatic N) is 1. The van der Waals surface area contributed by atoms with Crippen molar-refractivity contribution in [3.8, 4) is 11.5 Å². The van der Waals surface area contributed by atoms with Gasteiger partial charge in [0.1, 0.15) is 0 Å². The maximum atomic E-state index is 12.0. The third-order valence-electron chi connectivity index (χ3n) is 3.87. The normalized spacial score (nSPS) is 16.6. The SMILES string of the molecule is CCO[Si](OCC)(OCC)C(CC)c1nccc2c1OC(=O)/C=C\C(=O)O2. The van der Waals surface area contributed by atoms with Crippen LogP contribution in [-0.2, 0) is 22.9 Å². The van der Waals surface area contributed by atoms with Crippen LogP contribution in [0.2, 0.25) is 0 Å². The summed E-state index contributed by atoms with van der Waals surface area (Å²) >= 11 is 0. The van der Waals surface area contributed by atoms with Gasteiger partial charge in [-0.3, -0.25) is 4.98 Å². The average Bonchev–Trinajstić information content (AvgIpc) is 2.62. The molecular weight excluding hydrogens is 370 g/mol. The highest BCUT2D eigenvalue weighted by Gasteiger charge is 2.51. The highest BCUT2D eigenvalue weighted by Crippen LogP contribution is 2.41. The van der Waals surface area contributed by atoms with E-state index >= 15 is 0 Å². The lowest BCUT2D eigenvalue weighted by atomic mass is 10.2. The molecule has 0 saturated carbocycles. The zero-order chi connectivity index (χ0) is 19.9. The molecule has 1 aromatic rings. The van der Waals surface area contributed by atoms with E-state index in [2.05, 4.69) is 4.98 Å². The fraction of sp³-hybridized carbons (Fsp3) is 0.500. The molecule has 1 aliphatic heterocycles. The van der Waals surface area contributed by atoms with Crippen molar-refractivity contribution in [1.29, 1.82) is 0 Å². The molecule has 0 bridgehead atoms. The first-order valence-electron chi connectivity index (χ1n) is 9.03. The molecule has 1 aliphatic rings. The van der Waals surface area contributed by atoms with Crippen LogP contribution >= 0.6 is 0 Å². The molecule has 1 unspecified atom stereocenters. The molecule has 0 aromatic carbocycles. The van der Waals surface area contributed by atoms with E-state index in [1.807, 2.05) is 27.7 Å². The second-order valence-electron chi connectivity index (χ2n) is 5.56. The van der Waals surface area contributed by atoms with Crippen LogP contribution in [0.3, 0.4) is 0 Å². The van der Waals surface area contributed by atoms with Gasteiger partial charge in [0.25, 0.3) is 0 Å². The Balaban J connectivity index is 2.59. The standard InChI is InChI=1S/C18H25NO7Si/c1-5-14(27(22-6-2,23-7-3)24-8-4)17-18-13(11-12-19-17)25-15(20)9-10-16(21)26-18/h9-12,14H,5-8H2,1-4H3/b10-9-. The molecule has 0 radical (unpaired) electrons. The van der Waals surface area contributed by atoms with Gasteiger partial charge in [0.05, 0.1) is 11.2 Å². The van der Waals surface area contributed by atoms with Crippen molar-refractivity contribution in [1.82, 2.24) is 4.98 Å². The number of ether oxygens (including phenoxy) is 2. The molecule has 0 N–H and O–H groups in total. The van der Waals surface area contributed by atoms with Gasteiger partial charge in [-0.2, -0.15) is 0 Å². The summed E-state index contributed by atoms with van der Waals surface area (Å²) in [7, 11) is -3.21. The quantitative estimate of drug-likeness (QED) is 0.465. The van der Waals surface area contributed by atoms with Crippen molar-refractivity contribution in [2.24, 2.45) is 0 Å². The van der Waals surface area contributed by atoms with Gasteiger partial charge in [0, 0.05) is 44.2 Å². The summed E-state index contributed by atoms with van der Waals surface area (Å²) in [6, 6.07) is 1.47. The maximum absolute atomic E-state index is 12.0. The Morgan fingerprint density at radius 1 is 0.963 bits per heavy atom. The molecule has 9 heteroatoms. The maximum Gasteiger partial charge on any atom is 0.510 e. The monoisotopic (exact) mass is 395 g/mol. The Labute approximate surface area is 159 Å². The van der Waals surface area contributed by atoms with Gasteiger partial charge in [-0.05, 0) is 27.2 Å². The molecule has 0 fully saturated rings. The number of esters is 2. The molecule has 1 atom stereocenters. The van der Waals surface area contributed by atoms with E-state index in [0.717, 1.165) is 12.2 Å². The number of fused-ring (bicyclic) bond motifs is 1. The van der Waals surface area contributed by atoms with Gasteiger partial charge in [-0.1, -0.05) is 6.92 Å². The average molecular weight is 395 g/mol. The predicted octanol–water partition coefficient (Wildman–Crippen LogP) is 2.54. The summed E-state index contributed by atoms with van der Waals surface area (Å²) in [5.41, 5.74) is 0.00988. The second kappa shape index (κ2) is 9.74. The van der Waals surface area contributed by atoms with Crippen molar-refractivity contribution in [3.63, 3.8) is 0 Å². The minimum absolute atomic E-state index is 0.0861. The molecule has 0 spiro atoms. The number of pyridine rings is 1. The first-order valence-corrected chi connectivity index (χ1v) is 10.8. The zero-order valence-electron chi connectivity index (χ0n) is 16.0. The van der Waals surface area contributed by atoms with Crippen LogP contribution in [0.15, 0.2) is 24.4 Å². The van der Waals surface area contributed by atoms with Crippen LogP contribution in [-0.4, -0.2) is 45.5 Å². The predicted molar refractivity (Wildman–Crippen MR) is 98.3 cm³/mol. The smallest absolute Gasteiger partial charge is 0.419 e. The minimum Gasteiger partial charge on any atom is -0.419 e. The molecule has 148 valence electrons. The molecule has 0 amide bonds. The third-order valence-corrected chi connectivity index (χ3v) is 7.47. The van der Waals surface area contributed by atoms with E-state index in [9.17, 15) is 9.59 Å². The van der Waals surface area contributed by atoms with Crippen molar-refractivity contribution < 1.29 is 32.3 Å². The lowest BCUT2D eigenvalue weighted by molar-refractivity contribution is -0.133. The topological polar surface area (TPSA) is 93.2 Å². The van der Waals surface area contributed by atoms with Crippen molar-refractivity contribution >= 4 is 20.7 Å². The van der Waals surface area contributed by atoms with Crippen molar-refractivity contribution in [2.75, 3.05) is 19.8 Å². The lowest BCUT2D eigenvalue weighted by Crippen LogP contribution is -2.52. The number of rotatable bonds is 9. The van der Waals surface area contributed by atoms with E-state index < -0.39 is 26.3 Å². The van der Waals surface area contributed by atoms with Crippen LogP contribution in [0, 0.1) is 0 Å². The van der Waals surface area contributed by atoms with Crippen LogP contribution in [0.25, 0.3) is 0 Å². The Morgan fingerprint density at radius 3 is 2.04 bits per heavy atom. The summed E-state index contributed by atoms with van der Waals surface area (Å²) in [5.74, 6) is -1.15. The highest BCUT2D eigenvalue weighted by atomic mass is 28.4. The number of aromatic nitrogens is 1. The highest BCUT2D eigenvalue weighted by molar-refractivity contribution is 6.62. The molecule has 0 aliphatic carbocycles. The van der Waals surface area contributed by atoms with Gasteiger partial charge in [0.15, 0.2) is 11.5 Å². The Morgan fingerprint density at radius 2 is 1.52 bits per heavy atom. The minimum atomic E-state index is -3.21. The third kappa shape index (κ3) is 4.81. The van der Waals surface area contributed by atoms with E-state index in [1.165, 1.54) is 12.3 Å². The van der Waals surface area contributed by atoms with Crippen LogP contribution in [0.1, 0.15) is 45.4 Å². The second-order valence-corrected chi connectivity index (χ2v) is 8.33. The van der Waals surface area contributed by atoms with Crippen LogP contribution < -0.4 is 9.47 Å². The van der Waals surface area contributed by atoms with Gasteiger partial charge in [0.2, 0.25) is 0 Å².